The molecule has 80 valence electrons. The Morgan fingerprint density at radius 3 is 1.86 bits per heavy atom. The van der Waals surface area contributed by atoms with Gasteiger partial charge in [-0.15, -0.1) is 0 Å². The monoisotopic (exact) mass is 400 g/mol. The average molecular weight is 400 g/mol. The number of unbranched alkanes of at least 4 members (excludes halogenated alkanes) is 5. The molecule has 0 aromatic rings. The van der Waals surface area contributed by atoms with Gasteiger partial charge in [0, 0.05) is 26.8 Å². The van der Waals surface area contributed by atoms with Crippen molar-refractivity contribution in [2.24, 2.45) is 0 Å². The standard InChI is InChI=1S/C8H18O3S.Na.W/c1-2-3-4-5-6-7-8-12(9,10)11;;/h2-8H2,1H3,(H,9,10,11);;/q;+1;/p-1. The van der Waals surface area contributed by atoms with Crippen molar-refractivity contribution >= 4 is 10.1 Å². The maximum atomic E-state index is 10.2. The van der Waals surface area contributed by atoms with Crippen molar-refractivity contribution in [3.05, 3.63) is 0 Å². The summed E-state index contributed by atoms with van der Waals surface area (Å²) >= 11 is 0. The molecule has 0 radical (unpaired) electrons. The predicted octanol–water partition coefficient (Wildman–Crippen LogP) is -1.11. The molecule has 3 nitrogen and oxygen atoms in total. The van der Waals surface area contributed by atoms with E-state index in [1.807, 2.05) is 0 Å². The molecular formula is C8H17NaO3SW. The number of hydrogen-bond donors (Lipinski definition) is 0. The summed E-state index contributed by atoms with van der Waals surface area (Å²) in [7, 11) is -3.97. The van der Waals surface area contributed by atoms with Gasteiger partial charge in [-0.1, -0.05) is 39.0 Å². The molecule has 0 aliphatic rings. The van der Waals surface area contributed by atoms with Gasteiger partial charge in [0.15, 0.2) is 0 Å². The van der Waals surface area contributed by atoms with Crippen molar-refractivity contribution in [3.8, 4) is 0 Å². The molecule has 0 spiro atoms. The van der Waals surface area contributed by atoms with E-state index in [1.54, 1.807) is 0 Å². The van der Waals surface area contributed by atoms with Crippen molar-refractivity contribution in [3.63, 3.8) is 0 Å². The Bertz CT molecular complexity index is 195. The van der Waals surface area contributed by atoms with Crippen molar-refractivity contribution in [2.45, 2.75) is 45.4 Å². The first-order chi connectivity index (χ1) is 5.56. The number of rotatable bonds is 7. The maximum absolute atomic E-state index is 10.2. The van der Waals surface area contributed by atoms with Gasteiger partial charge in [0.1, 0.15) is 0 Å². The molecule has 0 bridgehead atoms. The van der Waals surface area contributed by atoms with Crippen LogP contribution < -0.4 is 29.6 Å². The minimum atomic E-state index is -3.97. The molecule has 0 saturated heterocycles. The van der Waals surface area contributed by atoms with Gasteiger partial charge in [-0.3, -0.25) is 0 Å². The summed E-state index contributed by atoms with van der Waals surface area (Å²) in [5, 5.41) is 0. The van der Waals surface area contributed by atoms with Crippen LogP contribution in [0.2, 0.25) is 0 Å². The molecule has 6 heteroatoms. The van der Waals surface area contributed by atoms with Crippen molar-refractivity contribution in [1.82, 2.24) is 0 Å². The molecule has 0 heterocycles. The Morgan fingerprint density at radius 1 is 1.00 bits per heavy atom. The smallest absolute Gasteiger partial charge is 0.748 e. The Balaban J connectivity index is -0.000000605. The Morgan fingerprint density at radius 2 is 1.43 bits per heavy atom. The van der Waals surface area contributed by atoms with Crippen LogP contribution in [0.3, 0.4) is 0 Å². The number of hydrogen-bond acceptors (Lipinski definition) is 3. The zero-order valence-corrected chi connectivity index (χ0v) is 14.7. The molecule has 0 fully saturated rings. The van der Waals surface area contributed by atoms with Gasteiger partial charge in [-0.25, -0.2) is 8.42 Å². The van der Waals surface area contributed by atoms with E-state index >= 15 is 0 Å². The summed E-state index contributed by atoms with van der Waals surface area (Å²) in [5.74, 6) is -0.195. The summed E-state index contributed by atoms with van der Waals surface area (Å²) in [6.07, 6.45) is 5.96. The average Bonchev–Trinajstić information content (AvgIpc) is 1.94. The van der Waals surface area contributed by atoms with E-state index in [1.165, 1.54) is 12.8 Å². The molecular weight excluding hydrogens is 383 g/mol. The largest absolute Gasteiger partial charge is 1.00 e. The molecule has 0 N–H and O–H groups in total. The fourth-order valence-corrected chi connectivity index (χ4v) is 1.62. The molecule has 0 atom stereocenters. The Hall–Kier alpha value is 1.60. The summed E-state index contributed by atoms with van der Waals surface area (Å²) < 4.78 is 30.5. The zero-order chi connectivity index (χ0) is 9.45. The van der Waals surface area contributed by atoms with Gasteiger partial charge in [0.05, 0.1) is 10.1 Å². The Kier molecular flexibility index (Phi) is 18.9. The first-order valence-corrected chi connectivity index (χ1v) is 6.07. The molecule has 0 saturated carbocycles. The molecule has 0 aliphatic carbocycles. The summed E-state index contributed by atoms with van der Waals surface area (Å²) in [5.41, 5.74) is 0. The van der Waals surface area contributed by atoms with Crippen LogP contribution in [0, 0.1) is 0 Å². The first-order valence-electron chi connectivity index (χ1n) is 4.50. The first kappa shape index (κ1) is 20.9. The van der Waals surface area contributed by atoms with Crippen LogP contribution in [-0.2, 0) is 31.2 Å². The fourth-order valence-electron chi connectivity index (χ4n) is 1.06. The molecule has 0 unspecified atom stereocenters. The topological polar surface area (TPSA) is 57.2 Å². The van der Waals surface area contributed by atoms with E-state index in [2.05, 4.69) is 6.92 Å². The van der Waals surface area contributed by atoms with Crippen molar-refractivity contribution < 1.29 is 63.6 Å². The third-order valence-corrected chi connectivity index (χ3v) is 2.54. The van der Waals surface area contributed by atoms with Gasteiger partial charge in [-0.05, 0) is 6.42 Å². The maximum Gasteiger partial charge on any atom is 1.00 e. The van der Waals surface area contributed by atoms with Gasteiger partial charge >= 0.3 is 29.6 Å². The van der Waals surface area contributed by atoms with E-state index in [0.29, 0.717) is 6.42 Å². The Labute approximate surface area is 124 Å². The quantitative estimate of drug-likeness (QED) is 0.310. The molecule has 0 aromatic carbocycles. The fraction of sp³-hybridized carbons (Fsp3) is 1.00. The van der Waals surface area contributed by atoms with Crippen LogP contribution in [0.25, 0.3) is 0 Å². The van der Waals surface area contributed by atoms with E-state index in [0.717, 1.165) is 19.3 Å². The molecule has 0 amide bonds. The second-order valence-corrected chi connectivity index (χ2v) is 4.55. The van der Waals surface area contributed by atoms with Gasteiger partial charge in [-0.2, -0.15) is 0 Å². The second-order valence-electron chi connectivity index (χ2n) is 3.03. The zero-order valence-electron chi connectivity index (χ0n) is 8.99. The van der Waals surface area contributed by atoms with Crippen LogP contribution in [0.1, 0.15) is 45.4 Å². The third-order valence-electron chi connectivity index (χ3n) is 1.75. The van der Waals surface area contributed by atoms with E-state index < -0.39 is 10.1 Å². The van der Waals surface area contributed by atoms with Gasteiger partial charge in [0.25, 0.3) is 0 Å². The van der Waals surface area contributed by atoms with Gasteiger partial charge < -0.3 is 4.55 Å². The molecule has 0 aliphatic heterocycles. The minimum absolute atomic E-state index is 0. The van der Waals surface area contributed by atoms with E-state index in [4.69, 9.17) is 0 Å². The molecule has 0 aromatic heterocycles. The van der Waals surface area contributed by atoms with Crippen LogP contribution in [0.15, 0.2) is 0 Å². The second kappa shape index (κ2) is 12.7. The summed E-state index contributed by atoms with van der Waals surface area (Å²) in [6, 6.07) is 0. The molecule has 14 heavy (non-hydrogen) atoms. The summed E-state index contributed by atoms with van der Waals surface area (Å²) in [4.78, 5) is 0. The minimum Gasteiger partial charge on any atom is -0.748 e. The molecule has 0 rings (SSSR count). The van der Waals surface area contributed by atoms with Gasteiger partial charge in [0.2, 0.25) is 0 Å². The van der Waals surface area contributed by atoms with Crippen LogP contribution in [0.4, 0.5) is 0 Å². The van der Waals surface area contributed by atoms with E-state index in [9.17, 15) is 13.0 Å². The third kappa shape index (κ3) is 19.2. The van der Waals surface area contributed by atoms with Crippen LogP contribution in [0.5, 0.6) is 0 Å². The SMILES string of the molecule is CCCCCCCCS(=O)(=O)[O-].[Na+].[W]. The van der Waals surface area contributed by atoms with Crippen molar-refractivity contribution in [1.29, 1.82) is 0 Å². The van der Waals surface area contributed by atoms with Crippen molar-refractivity contribution in [2.75, 3.05) is 5.75 Å². The summed E-state index contributed by atoms with van der Waals surface area (Å²) in [6.45, 7) is 2.13. The normalized spacial score (nSPS) is 10.1. The van der Waals surface area contributed by atoms with Crippen LogP contribution >= 0.6 is 0 Å². The van der Waals surface area contributed by atoms with E-state index in [-0.39, 0.29) is 56.4 Å². The predicted molar refractivity (Wildman–Crippen MR) is 47.9 cm³/mol. The van der Waals surface area contributed by atoms with Crippen LogP contribution in [-0.4, -0.2) is 18.7 Å².